The highest BCUT2D eigenvalue weighted by molar-refractivity contribution is 7.85. The number of ketones is 1. The van der Waals surface area contributed by atoms with Crippen molar-refractivity contribution < 1.29 is 13.8 Å². The first-order valence-corrected chi connectivity index (χ1v) is 11.1. The summed E-state index contributed by atoms with van der Waals surface area (Å²) >= 11 is 0. The van der Waals surface area contributed by atoms with E-state index in [1.165, 1.54) is 0 Å². The lowest BCUT2D eigenvalue weighted by molar-refractivity contribution is 0.0843. The Hall–Kier alpha value is -1.95. The van der Waals surface area contributed by atoms with Crippen LogP contribution >= 0.6 is 0 Å². The van der Waals surface area contributed by atoms with E-state index in [9.17, 15) is 13.8 Å². The Morgan fingerprint density at radius 1 is 1.30 bits per heavy atom. The zero-order valence-corrected chi connectivity index (χ0v) is 16.5. The molecule has 2 heterocycles. The fourth-order valence-electron chi connectivity index (χ4n) is 5.09. The van der Waals surface area contributed by atoms with Gasteiger partial charge in [0.2, 0.25) is 0 Å². The molecule has 0 radical (unpaired) electrons. The highest BCUT2D eigenvalue weighted by Crippen LogP contribution is 2.60. The van der Waals surface area contributed by atoms with Gasteiger partial charge in [0, 0.05) is 50.2 Å². The van der Waals surface area contributed by atoms with Crippen LogP contribution in [-0.4, -0.2) is 38.4 Å². The van der Waals surface area contributed by atoms with Crippen molar-refractivity contribution in [1.82, 2.24) is 10.3 Å². The standard InChI is InChI=1S/C21H24N2O3S/c1-20(2)11-21(6-7-21)18(24)17-16(20)14-9-12(3-4-15(14)23-17)19(25)22-13-5-8-27(26)10-13/h3-4,9,13,23H,5-8,10-11H2,1-2H3,(H,22,25). The molecule has 2 aliphatic carbocycles. The summed E-state index contributed by atoms with van der Waals surface area (Å²) in [7, 11) is -0.817. The van der Waals surface area contributed by atoms with Gasteiger partial charge in [-0.05, 0) is 54.9 Å². The van der Waals surface area contributed by atoms with Gasteiger partial charge in [0.15, 0.2) is 5.78 Å². The summed E-state index contributed by atoms with van der Waals surface area (Å²) in [5.74, 6) is 1.31. The number of aromatic nitrogens is 1. The maximum Gasteiger partial charge on any atom is 0.251 e. The van der Waals surface area contributed by atoms with Crippen LogP contribution in [0.1, 0.15) is 65.9 Å². The Labute approximate surface area is 160 Å². The van der Waals surface area contributed by atoms with E-state index in [-0.39, 0.29) is 28.6 Å². The number of carbonyl (C=O) groups excluding carboxylic acids is 2. The number of hydrogen-bond acceptors (Lipinski definition) is 3. The number of Topliss-reactive ketones (excluding diaryl/α,β-unsaturated/α-hetero) is 1. The SMILES string of the molecule is CC1(C)CC2(CC2)C(=O)c2[nH]c3ccc(C(=O)NC4CCS(=O)C4)cc3c21. The molecule has 142 valence electrons. The third-order valence-electron chi connectivity index (χ3n) is 6.50. The first-order valence-electron chi connectivity index (χ1n) is 9.66. The smallest absolute Gasteiger partial charge is 0.251 e. The number of rotatable bonds is 2. The van der Waals surface area contributed by atoms with Gasteiger partial charge in [-0.15, -0.1) is 0 Å². The summed E-state index contributed by atoms with van der Waals surface area (Å²) in [5, 5.41) is 3.98. The van der Waals surface area contributed by atoms with Gasteiger partial charge >= 0.3 is 0 Å². The predicted octanol–water partition coefficient (Wildman–Crippen LogP) is 3.06. The van der Waals surface area contributed by atoms with Crippen molar-refractivity contribution in [2.75, 3.05) is 11.5 Å². The van der Waals surface area contributed by atoms with Crippen molar-refractivity contribution in [3.8, 4) is 0 Å². The minimum Gasteiger partial charge on any atom is -0.352 e. The zero-order valence-electron chi connectivity index (χ0n) is 15.7. The molecule has 2 atom stereocenters. The first kappa shape index (κ1) is 17.2. The van der Waals surface area contributed by atoms with Crippen LogP contribution in [0.4, 0.5) is 0 Å². The van der Waals surface area contributed by atoms with Gasteiger partial charge in [-0.1, -0.05) is 13.8 Å². The van der Waals surface area contributed by atoms with Gasteiger partial charge < -0.3 is 10.3 Å². The number of fused-ring (bicyclic) bond motifs is 3. The van der Waals surface area contributed by atoms with Crippen LogP contribution in [0.3, 0.4) is 0 Å². The molecule has 1 aliphatic heterocycles. The van der Waals surface area contributed by atoms with E-state index in [2.05, 4.69) is 24.1 Å². The van der Waals surface area contributed by atoms with Crippen molar-refractivity contribution in [1.29, 1.82) is 0 Å². The Bertz CT molecular complexity index is 1020. The Morgan fingerprint density at radius 3 is 2.74 bits per heavy atom. The quantitative estimate of drug-likeness (QED) is 0.835. The molecule has 2 aromatic rings. The molecule has 2 N–H and O–H groups in total. The van der Waals surface area contributed by atoms with Gasteiger partial charge in [0.05, 0.1) is 5.69 Å². The molecule has 1 spiro atoms. The van der Waals surface area contributed by atoms with Gasteiger partial charge in [-0.2, -0.15) is 0 Å². The number of amides is 1. The predicted molar refractivity (Wildman–Crippen MR) is 106 cm³/mol. The van der Waals surface area contributed by atoms with Crippen LogP contribution in [-0.2, 0) is 16.2 Å². The highest BCUT2D eigenvalue weighted by Gasteiger charge is 2.57. The van der Waals surface area contributed by atoms with E-state index in [0.29, 0.717) is 17.1 Å². The van der Waals surface area contributed by atoms with Crippen LogP contribution in [0, 0.1) is 5.41 Å². The van der Waals surface area contributed by atoms with E-state index in [1.54, 1.807) is 6.07 Å². The van der Waals surface area contributed by atoms with Gasteiger partial charge in [0.1, 0.15) is 0 Å². The normalized spacial score (nSPS) is 27.7. The third kappa shape index (κ3) is 2.60. The Balaban J connectivity index is 1.54. The third-order valence-corrected chi connectivity index (χ3v) is 7.96. The summed E-state index contributed by atoms with van der Waals surface area (Å²) in [6.07, 6.45) is 3.62. The van der Waals surface area contributed by atoms with E-state index < -0.39 is 10.8 Å². The van der Waals surface area contributed by atoms with E-state index in [1.807, 2.05) is 12.1 Å². The molecular formula is C21H24N2O3S. The summed E-state index contributed by atoms with van der Waals surface area (Å²) in [5.41, 5.74) is 3.04. The second-order valence-corrected chi connectivity index (χ2v) is 10.7. The van der Waals surface area contributed by atoms with Crippen LogP contribution in [0.5, 0.6) is 0 Å². The van der Waals surface area contributed by atoms with Crippen LogP contribution in [0.15, 0.2) is 18.2 Å². The van der Waals surface area contributed by atoms with Crippen LogP contribution in [0.25, 0.3) is 10.9 Å². The highest BCUT2D eigenvalue weighted by atomic mass is 32.2. The lowest BCUT2D eigenvalue weighted by atomic mass is 9.67. The first-order chi connectivity index (χ1) is 12.8. The molecule has 5 rings (SSSR count). The lowest BCUT2D eigenvalue weighted by Crippen LogP contribution is -2.35. The molecular weight excluding hydrogens is 360 g/mol. The number of hydrogen-bond donors (Lipinski definition) is 2. The molecule has 2 fully saturated rings. The Kier molecular flexibility index (Phi) is 3.52. The molecule has 6 heteroatoms. The molecule has 3 aliphatic rings. The van der Waals surface area contributed by atoms with Crippen molar-refractivity contribution in [2.24, 2.45) is 5.41 Å². The second-order valence-electron chi connectivity index (χ2n) is 9.08. The average molecular weight is 385 g/mol. The van der Waals surface area contributed by atoms with Crippen LogP contribution in [0.2, 0.25) is 0 Å². The number of carbonyl (C=O) groups is 2. The summed E-state index contributed by atoms with van der Waals surface area (Å²) in [6, 6.07) is 5.60. The Morgan fingerprint density at radius 2 is 2.07 bits per heavy atom. The van der Waals surface area contributed by atoms with Gasteiger partial charge in [0.25, 0.3) is 5.91 Å². The number of nitrogens with one attached hydrogen (secondary N) is 2. The molecule has 0 bridgehead atoms. The number of aromatic amines is 1. The molecule has 27 heavy (non-hydrogen) atoms. The molecule has 1 amide bonds. The molecule has 1 saturated heterocycles. The average Bonchev–Trinajstić information content (AvgIpc) is 3.08. The van der Waals surface area contributed by atoms with Gasteiger partial charge in [-0.3, -0.25) is 13.8 Å². The molecule has 5 nitrogen and oxygen atoms in total. The zero-order chi connectivity index (χ0) is 19.0. The molecule has 2 unspecified atom stereocenters. The number of H-pyrrole nitrogens is 1. The topological polar surface area (TPSA) is 79.0 Å². The fourth-order valence-corrected chi connectivity index (χ4v) is 6.50. The van der Waals surface area contributed by atoms with E-state index in [4.69, 9.17) is 0 Å². The minimum absolute atomic E-state index is 0.0121. The summed E-state index contributed by atoms with van der Waals surface area (Å²) in [6.45, 7) is 4.40. The maximum atomic E-state index is 13.0. The molecule has 1 aromatic heterocycles. The van der Waals surface area contributed by atoms with E-state index >= 15 is 0 Å². The number of benzene rings is 1. The lowest BCUT2D eigenvalue weighted by Gasteiger charge is -2.35. The second kappa shape index (κ2) is 5.53. The van der Waals surface area contributed by atoms with Crippen LogP contribution < -0.4 is 5.32 Å². The molecule has 1 aromatic carbocycles. The minimum atomic E-state index is -0.817. The monoisotopic (exact) mass is 384 g/mol. The van der Waals surface area contributed by atoms with Crippen molar-refractivity contribution >= 4 is 33.4 Å². The summed E-state index contributed by atoms with van der Waals surface area (Å²) < 4.78 is 11.6. The largest absolute Gasteiger partial charge is 0.352 e. The van der Waals surface area contributed by atoms with Gasteiger partial charge in [-0.25, -0.2) is 0 Å². The van der Waals surface area contributed by atoms with Crippen molar-refractivity contribution in [3.05, 3.63) is 35.0 Å². The van der Waals surface area contributed by atoms with E-state index in [0.717, 1.165) is 47.8 Å². The summed E-state index contributed by atoms with van der Waals surface area (Å²) in [4.78, 5) is 29.0. The maximum absolute atomic E-state index is 13.0. The van der Waals surface area contributed by atoms with Crippen molar-refractivity contribution in [2.45, 2.75) is 51.0 Å². The fraction of sp³-hybridized carbons (Fsp3) is 0.524. The molecule has 1 saturated carbocycles. The van der Waals surface area contributed by atoms with Crippen molar-refractivity contribution in [3.63, 3.8) is 0 Å².